The van der Waals surface area contributed by atoms with E-state index in [1.165, 1.54) is 43.3 Å². The number of amides is 1. The molecule has 10 heteroatoms. The Labute approximate surface area is 187 Å². The van der Waals surface area contributed by atoms with Crippen LogP contribution in [0.4, 0.5) is 5.69 Å². The molecular formula is C22H28N2O7S. The maximum Gasteiger partial charge on any atom is 0.339 e. The van der Waals surface area contributed by atoms with E-state index in [1.807, 2.05) is 20.8 Å². The molecule has 0 saturated heterocycles. The zero-order chi connectivity index (χ0) is 23.9. The lowest BCUT2D eigenvalue weighted by Crippen LogP contribution is -2.30. The summed E-state index contributed by atoms with van der Waals surface area (Å²) in [6.07, 6.45) is -1.10. The minimum Gasteiger partial charge on any atom is -0.490 e. The number of anilines is 1. The molecule has 0 aromatic heterocycles. The Hall–Kier alpha value is -3.11. The third-order valence-corrected chi connectivity index (χ3v) is 5.08. The van der Waals surface area contributed by atoms with Crippen LogP contribution < -0.4 is 19.9 Å². The number of nitrogens with two attached hydrogens (primary N) is 1. The second kappa shape index (κ2) is 11.0. The van der Waals surface area contributed by atoms with E-state index in [1.54, 1.807) is 6.07 Å². The van der Waals surface area contributed by atoms with E-state index >= 15 is 0 Å². The van der Waals surface area contributed by atoms with Crippen LogP contribution in [0.15, 0.2) is 47.4 Å². The SMILES string of the molecule is CCOc1cc(C(=O)OC(C)C(=O)Nc2ccc(S(N)(=O)=O)cc2)ccc1OCC(C)C. The van der Waals surface area contributed by atoms with E-state index in [9.17, 15) is 18.0 Å². The number of hydrogen-bond acceptors (Lipinski definition) is 7. The highest BCUT2D eigenvalue weighted by molar-refractivity contribution is 7.89. The van der Waals surface area contributed by atoms with Crippen molar-refractivity contribution in [2.75, 3.05) is 18.5 Å². The van der Waals surface area contributed by atoms with Crippen LogP contribution in [0.2, 0.25) is 0 Å². The molecule has 0 fully saturated rings. The predicted octanol–water partition coefficient (Wildman–Crippen LogP) is 2.95. The third kappa shape index (κ3) is 7.24. The Balaban J connectivity index is 2.04. The third-order valence-electron chi connectivity index (χ3n) is 4.15. The molecule has 174 valence electrons. The molecule has 32 heavy (non-hydrogen) atoms. The first-order chi connectivity index (χ1) is 15.0. The largest absolute Gasteiger partial charge is 0.490 e. The Kier molecular flexibility index (Phi) is 8.62. The van der Waals surface area contributed by atoms with Crippen molar-refractivity contribution >= 4 is 27.6 Å². The summed E-state index contributed by atoms with van der Waals surface area (Å²) in [5, 5.41) is 7.59. The molecule has 0 heterocycles. The molecule has 1 unspecified atom stereocenters. The molecule has 0 spiro atoms. The van der Waals surface area contributed by atoms with Crippen LogP contribution in [-0.2, 0) is 19.6 Å². The van der Waals surface area contributed by atoms with Crippen LogP contribution in [-0.4, -0.2) is 39.6 Å². The highest BCUT2D eigenvalue weighted by Gasteiger charge is 2.21. The molecule has 3 N–H and O–H groups in total. The van der Waals surface area contributed by atoms with Gasteiger partial charge in [0.15, 0.2) is 17.6 Å². The molecular weight excluding hydrogens is 436 g/mol. The molecule has 0 aliphatic rings. The van der Waals surface area contributed by atoms with Crippen LogP contribution in [0.5, 0.6) is 11.5 Å². The van der Waals surface area contributed by atoms with E-state index in [4.69, 9.17) is 19.3 Å². The van der Waals surface area contributed by atoms with Gasteiger partial charge >= 0.3 is 5.97 Å². The normalized spacial score (nSPS) is 12.2. The molecule has 0 bridgehead atoms. The molecule has 0 radical (unpaired) electrons. The van der Waals surface area contributed by atoms with Crippen molar-refractivity contribution in [3.8, 4) is 11.5 Å². The van der Waals surface area contributed by atoms with Gasteiger partial charge in [-0.1, -0.05) is 13.8 Å². The number of sulfonamides is 1. The van der Waals surface area contributed by atoms with Gasteiger partial charge in [-0.15, -0.1) is 0 Å². The van der Waals surface area contributed by atoms with Crippen molar-refractivity contribution in [1.82, 2.24) is 0 Å². The maximum absolute atomic E-state index is 12.5. The minimum absolute atomic E-state index is 0.0825. The maximum atomic E-state index is 12.5. The van der Waals surface area contributed by atoms with Crippen LogP contribution in [0.3, 0.4) is 0 Å². The van der Waals surface area contributed by atoms with Crippen molar-refractivity contribution < 1.29 is 32.2 Å². The van der Waals surface area contributed by atoms with Crippen molar-refractivity contribution in [2.24, 2.45) is 11.1 Å². The highest BCUT2D eigenvalue weighted by atomic mass is 32.2. The van der Waals surface area contributed by atoms with E-state index in [0.29, 0.717) is 36.3 Å². The quantitative estimate of drug-likeness (QED) is 0.516. The van der Waals surface area contributed by atoms with Gasteiger partial charge in [0, 0.05) is 5.69 Å². The highest BCUT2D eigenvalue weighted by Crippen LogP contribution is 2.29. The van der Waals surface area contributed by atoms with Crippen molar-refractivity contribution in [1.29, 1.82) is 0 Å². The second-order valence-electron chi connectivity index (χ2n) is 7.41. The summed E-state index contributed by atoms with van der Waals surface area (Å²) in [6, 6.07) is 9.98. The Morgan fingerprint density at radius 3 is 2.22 bits per heavy atom. The second-order valence-corrected chi connectivity index (χ2v) is 8.97. The number of carbonyl (C=O) groups is 2. The van der Waals surface area contributed by atoms with Crippen molar-refractivity contribution in [3.05, 3.63) is 48.0 Å². The van der Waals surface area contributed by atoms with Gasteiger partial charge in [0.2, 0.25) is 10.0 Å². The average Bonchev–Trinajstić information content (AvgIpc) is 2.72. The summed E-state index contributed by atoms with van der Waals surface area (Å²) in [5.74, 6) is -0.0258. The molecule has 1 atom stereocenters. The molecule has 9 nitrogen and oxygen atoms in total. The van der Waals surface area contributed by atoms with Crippen LogP contribution >= 0.6 is 0 Å². The fourth-order valence-electron chi connectivity index (χ4n) is 2.53. The summed E-state index contributed by atoms with van der Waals surface area (Å²) in [7, 11) is -3.83. The molecule has 2 rings (SSSR count). The zero-order valence-electron chi connectivity index (χ0n) is 18.5. The number of esters is 1. The van der Waals surface area contributed by atoms with Gasteiger partial charge in [-0.3, -0.25) is 4.79 Å². The Morgan fingerprint density at radius 1 is 1.00 bits per heavy atom. The monoisotopic (exact) mass is 464 g/mol. The van der Waals surface area contributed by atoms with Crippen LogP contribution in [0.1, 0.15) is 38.1 Å². The zero-order valence-corrected chi connectivity index (χ0v) is 19.3. The lowest BCUT2D eigenvalue weighted by Gasteiger charge is -2.16. The first kappa shape index (κ1) is 25.2. The van der Waals surface area contributed by atoms with E-state index in [0.717, 1.165) is 0 Å². The summed E-state index contributed by atoms with van der Waals surface area (Å²) in [4.78, 5) is 24.8. The van der Waals surface area contributed by atoms with E-state index in [-0.39, 0.29) is 10.5 Å². The van der Waals surface area contributed by atoms with Gasteiger partial charge in [-0.05, 0) is 62.2 Å². The smallest absolute Gasteiger partial charge is 0.339 e. The Morgan fingerprint density at radius 2 is 1.66 bits per heavy atom. The van der Waals surface area contributed by atoms with Crippen LogP contribution in [0, 0.1) is 5.92 Å². The van der Waals surface area contributed by atoms with Gasteiger partial charge in [0.1, 0.15) is 0 Å². The number of benzene rings is 2. The van der Waals surface area contributed by atoms with Gasteiger partial charge in [0.25, 0.3) is 5.91 Å². The van der Waals surface area contributed by atoms with Gasteiger partial charge in [-0.2, -0.15) is 0 Å². The summed E-state index contributed by atoms with van der Waals surface area (Å²) in [5.41, 5.74) is 0.540. The predicted molar refractivity (Wildman–Crippen MR) is 119 cm³/mol. The minimum atomic E-state index is -3.83. The number of ether oxygens (including phenoxy) is 3. The first-order valence-corrected chi connectivity index (χ1v) is 11.6. The summed E-state index contributed by atoms with van der Waals surface area (Å²) in [6.45, 7) is 8.17. The van der Waals surface area contributed by atoms with E-state index in [2.05, 4.69) is 5.32 Å². The topological polar surface area (TPSA) is 134 Å². The number of primary sulfonamides is 1. The lowest BCUT2D eigenvalue weighted by molar-refractivity contribution is -0.123. The molecule has 0 aliphatic heterocycles. The molecule has 2 aromatic carbocycles. The Bertz CT molecular complexity index is 1050. The first-order valence-electron chi connectivity index (χ1n) is 10.1. The summed E-state index contributed by atoms with van der Waals surface area (Å²) < 4.78 is 39.1. The van der Waals surface area contributed by atoms with Gasteiger partial charge < -0.3 is 19.5 Å². The fourth-order valence-corrected chi connectivity index (χ4v) is 3.05. The summed E-state index contributed by atoms with van der Waals surface area (Å²) >= 11 is 0. The number of nitrogens with one attached hydrogen (secondary N) is 1. The average molecular weight is 465 g/mol. The van der Waals surface area contributed by atoms with E-state index < -0.39 is 28.0 Å². The standard InChI is InChI=1S/C22H28N2O7S/c1-5-29-20-12-16(6-11-19(20)30-13-14(2)3)22(26)31-15(4)21(25)24-17-7-9-18(10-8-17)32(23,27)28/h6-12,14-15H,5,13H2,1-4H3,(H,24,25)(H2,23,27,28). The van der Waals surface area contributed by atoms with Gasteiger partial charge in [-0.25, -0.2) is 18.4 Å². The number of hydrogen-bond donors (Lipinski definition) is 2. The molecule has 2 aromatic rings. The fraction of sp³-hybridized carbons (Fsp3) is 0.364. The molecule has 0 saturated carbocycles. The van der Waals surface area contributed by atoms with Crippen molar-refractivity contribution in [3.63, 3.8) is 0 Å². The number of rotatable bonds is 10. The molecule has 0 aliphatic carbocycles. The molecule has 1 amide bonds. The number of carbonyl (C=O) groups excluding carboxylic acids is 2. The van der Waals surface area contributed by atoms with Crippen LogP contribution in [0.25, 0.3) is 0 Å². The lowest BCUT2D eigenvalue weighted by atomic mass is 10.2. The van der Waals surface area contributed by atoms with Crippen molar-refractivity contribution in [2.45, 2.75) is 38.7 Å². The van der Waals surface area contributed by atoms with Gasteiger partial charge in [0.05, 0.1) is 23.7 Å².